The summed E-state index contributed by atoms with van der Waals surface area (Å²) in [7, 11) is 0. The standard InChI is InChI=1S/C7H14Cl3N.ClH/c1-2-7(10)11(5-3-8)6-4-9;/h7H,2-6H2,1H3;1H. The molecule has 1 unspecified atom stereocenters. The van der Waals surface area contributed by atoms with Crippen LogP contribution >= 0.6 is 47.2 Å². The average molecular weight is 255 g/mol. The summed E-state index contributed by atoms with van der Waals surface area (Å²) in [5.74, 6) is 1.22. The number of hydrogen-bond acceptors (Lipinski definition) is 1. The molecule has 0 N–H and O–H groups in total. The van der Waals surface area contributed by atoms with Crippen LogP contribution in [-0.4, -0.2) is 35.3 Å². The number of alkyl halides is 3. The molecule has 0 aromatic heterocycles. The van der Waals surface area contributed by atoms with Gasteiger partial charge in [0.1, 0.15) is 0 Å². The zero-order valence-corrected chi connectivity index (χ0v) is 10.2. The van der Waals surface area contributed by atoms with Crippen LogP contribution in [0.1, 0.15) is 13.3 Å². The fraction of sp³-hybridized carbons (Fsp3) is 1.00. The maximum atomic E-state index is 6.00. The van der Waals surface area contributed by atoms with Crippen molar-refractivity contribution in [1.29, 1.82) is 0 Å². The summed E-state index contributed by atoms with van der Waals surface area (Å²) in [5.41, 5.74) is 0.0764. The van der Waals surface area contributed by atoms with Gasteiger partial charge in [-0.25, -0.2) is 0 Å². The van der Waals surface area contributed by atoms with E-state index < -0.39 is 0 Å². The van der Waals surface area contributed by atoms with Gasteiger partial charge in [-0.1, -0.05) is 6.92 Å². The van der Waals surface area contributed by atoms with Crippen LogP contribution in [0.2, 0.25) is 0 Å². The summed E-state index contributed by atoms with van der Waals surface area (Å²) in [5, 5.41) is 0. The SMILES string of the molecule is CCC(Cl)N(CCCl)CCCl.Cl. The Balaban J connectivity index is 0. The van der Waals surface area contributed by atoms with Gasteiger partial charge in [0, 0.05) is 24.8 Å². The van der Waals surface area contributed by atoms with Crippen LogP contribution < -0.4 is 0 Å². The highest BCUT2D eigenvalue weighted by atomic mass is 35.5. The minimum Gasteiger partial charge on any atom is -0.285 e. The minimum absolute atomic E-state index is 0. The van der Waals surface area contributed by atoms with Crippen LogP contribution in [0, 0.1) is 0 Å². The first-order valence-corrected chi connectivity index (χ1v) is 5.26. The van der Waals surface area contributed by atoms with E-state index in [1.165, 1.54) is 0 Å². The molecule has 1 atom stereocenters. The van der Waals surface area contributed by atoms with E-state index in [2.05, 4.69) is 4.90 Å². The molecule has 0 aromatic carbocycles. The Morgan fingerprint density at radius 1 is 1.17 bits per heavy atom. The maximum absolute atomic E-state index is 6.00. The second-order valence-corrected chi connectivity index (χ2v) is 3.52. The second-order valence-electron chi connectivity index (χ2n) is 2.26. The molecular weight excluding hydrogens is 240 g/mol. The third kappa shape index (κ3) is 6.62. The quantitative estimate of drug-likeness (QED) is 0.520. The Kier molecular flexibility index (Phi) is 13.3. The molecule has 0 saturated carbocycles. The first-order chi connectivity index (χ1) is 5.26. The fourth-order valence-corrected chi connectivity index (χ4v) is 1.50. The molecule has 0 aliphatic heterocycles. The number of halogens is 4. The Labute approximate surface area is 95.8 Å². The van der Waals surface area contributed by atoms with Crippen molar-refractivity contribution in [3.63, 3.8) is 0 Å². The Hall–Kier alpha value is 1.12. The molecular formula is C7H15Cl4N. The van der Waals surface area contributed by atoms with Crippen molar-refractivity contribution in [2.45, 2.75) is 18.8 Å². The molecule has 0 amide bonds. The van der Waals surface area contributed by atoms with Gasteiger partial charge in [0.2, 0.25) is 0 Å². The van der Waals surface area contributed by atoms with Crippen LogP contribution in [-0.2, 0) is 0 Å². The summed E-state index contributed by atoms with van der Waals surface area (Å²) >= 11 is 17.2. The monoisotopic (exact) mass is 253 g/mol. The summed E-state index contributed by atoms with van der Waals surface area (Å²) < 4.78 is 0. The molecule has 0 bridgehead atoms. The van der Waals surface area contributed by atoms with E-state index in [9.17, 15) is 0 Å². The molecule has 0 rings (SSSR count). The van der Waals surface area contributed by atoms with Gasteiger partial charge in [-0.15, -0.1) is 47.2 Å². The predicted octanol–water partition coefficient (Wildman–Crippen LogP) is 3.16. The minimum atomic E-state index is 0. The van der Waals surface area contributed by atoms with E-state index in [4.69, 9.17) is 34.8 Å². The van der Waals surface area contributed by atoms with Crippen LogP contribution in [0.15, 0.2) is 0 Å². The van der Waals surface area contributed by atoms with Crippen molar-refractivity contribution in [1.82, 2.24) is 4.90 Å². The molecule has 0 aliphatic rings. The van der Waals surface area contributed by atoms with Gasteiger partial charge < -0.3 is 0 Å². The predicted molar refractivity (Wildman–Crippen MR) is 60.2 cm³/mol. The van der Waals surface area contributed by atoms with E-state index in [1.54, 1.807) is 0 Å². The molecule has 1 nitrogen and oxygen atoms in total. The van der Waals surface area contributed by atoms with Gasteiger partial charge in [-0.05, 0) is 6.42 Å². The zero-order valence-electron chi connectivity index (χ0n) is 7.10. The van der Waals surface area contributed by atoms with Crippen LogP contribution in [0.4, 0.5) is 0 Å². The Bertz CT molecular complexity index is 85.5. The van der Waals surface area contributed by atoms with Crippen LogP contribution in [0.3, 0.4) is 0 Å². The third-order valence-electron chi connectivity index (χ3n) is 1.48. The van der Waals surface area contributed by atoms with Gasteiger partial charge in [-0.2, -0.15) is 0 Å². The van der Waals surface area contributed by atoms with Crippen molar-refractivity contribution in [3.8, 4) is 0 Å². The molecule has 0 aliphatic carbocycles. The van der Waals surface area contributed by atoms with Crippen LogP contribution in [0.25, 0.3) is 0 Å². The summed E-state index contributed by atoms with van der Waals surface area (Å²) in [6.45, 7) is 3.68. The molecule has 0 saturated heterocycles. The normalized spacial score (nSPS) is 12.8. The lowest BCUT2D eigenvalue weighted by Gasteiger charge is -2.24. The van der Waals surface area contributed by atoms with Gasteiger partial charge in [0.05, 0.1) is 5.50 Å². The fourth-order valence-electron chi connectivity index (χ4n) is 0.867. The summed E-state index contributed by atoms with van der Waals surface area (Å²) in [6, 6.07) is 0. The molecule has 12 heavy (non-hydrogen) atoms. The Morgan fingerprint density at radius 2 is 1.58 bits per heavy atom. The molecule has 0 spiro atoms. The molecule has 0 aromatic rings. The van der Waals surface area contributed by atoms with Gasteiger partial charge in [0.25, 0.3) is 0 Å². The van der Waals surface area contributed by atoms with Gasteiger partial charge in [0.15, 0.2) is 0 Å². The highest BCUT2D eigenvalue weighted by Gasteiger charge is 2.11. The first-order valence-electron chi connectivity index (χ1n) is 3.76. The topological polar surface area (TPSA) is 3.24 Å². The van der Waals surface area contributed by atoms with Crippen molar-refractivity contribution < 1.29 is 0 Å². The molecule has 0 fully saturated rings. The van der Waals surface area contributed by atoms with E-state index in [1.807, 2.05) is 6.92 Å². The average Bonchev–Trinajstić information content (AvgIpc) is 2.03. The number of nitrogens with zero attached hydrogens (tertiary/aromatic N) is 1. The van der Waals surface area contributed by atoms with E-state index in [-0.39, 0.29) is 17.9 Å². The van der Waals surface area contributed by atoms with Gasteiger partial charge >= 0.3 is 0 Å². The lowest BCUT2D eigenvalue weighted by atomic mass is 10.4. The van der Waals surface area contributed by atoms with E-state index >= 15 is 0 Å². The second kappa shape index (κ2) is 10.2. The lowest BCUT2D eigenvalue weighted by Crippen LogP contribution is -2.34. The third-order valence-corrected chi connectivity index (χ3v) is 2.40. The molecule has 76 valence electrons. The highest BCUT2D eigenvalue weighted by molar-refractivity contribution is 6.20. The first kappa shape index (κ1) is 15.6. The molecule has 5 heteroatoms. The van der Waals surface area contributed by atoms with Crippen molar-refractivity contribution >= 4 is 47.2 Å². The van der Waals surface area contributed by atoms with Crippen LogP contribution in [0.5, 0.6) is 0 Å². The summed E-state index contributed by atoms with van der Waals surface area (Å²) in [4.78, 5) is 2.08. The van der Waals surface area contributed by atoms with Crippen molar-refractivity contribution in [3.05, 3.63) is 0 Å². The van der Waals surface area contributed by atoms with Gasteiger partial charge in [-0.3, -0.25) is 4.90 Å². The summed E-state index contributed by atoms with van der Waals surface area (Å²) in [6.07, 6.45) is 0.926. The Morgan fingerprint density at radius 3 is 1.83 bits per heavy atom. The van der Waals surface area contributed by atoms with Crippen molar-refractivity contribution in [2.75, 3.05) is 24.8 Å². The lowest BCUT2D eigenvalue weighted by molar-refractivity contribution is 0.277. The van der Waals surface area contributed by atoms with Crippen molar-refractivity contribution in [2.24, 2.45) is 0 Å². The number of hydrogen-bond donors (Lipinski definition) is 0. The number of rotatable bonds is 6. The molecule has 0 radical (unpaired) electrons. The largest absolute Gasteiger partial charge is 0.285 e. The maximum Gasteiger partial charge on any atom is 0.0848 e. The zero-order chi connectivity index (χ0) is 8.69. The smallest absolute Gasteiger partial charge is 0.0848 e. The molecule has 0 heterocycles. The highest BCUT2D eigenvalue weighted by Crippen LogP contribution is 2.08. The van der Waals surface area contributed by atoms with E-state index in [0.717, 1.165) is 19.5 Å². The van der Waals surface area contributed by atoms with E-state index in [0.29, 0.717) is 11.8 Å².